The second-order valence-electron chi connectivity index (χ2n) is 8.20. The summed E-state index contributed by atoms with van der Waals surface area (Å²) in [4.78, 5) is 25.8. The van der Waals surface area contributed by atoms with E-state index in [2.05, 4.69) is 0 Å². The molecule has 0 saturated heterocycles. The molecule has 160 valence electrons. The zero-order valence-corrected chi connectivity index (χ0v) is 19.6. The van der Waals surface area contributed by atoms with Gasteiger partial charge in [-0.2, -0.15) is 0 Å². The first-order chi connectivity index (χ1) is 14.0. The second kappa shape index (κ2) is 9.98. The number of carbonyl (C=O) groups excluding carboxylic acids is 2. The fraction of sp³-hybridized carbons (Fsp3) is 0.360. The molecule has 0 fully saturated rings. The van der Waals surface area contributed by atoms with Gasteiger partial charge in [0.25, 0.3) is 0 Å². The highest BCUT2D eigenvalue weighted by Crippen LogP contribution is 2.27. The molecule has 4 nitrogen and oxygen atoms in total. The van der Waals surface area contributed by atoms with Crippen LogP contribution < -0.4 is 4.74 Å². The summed E-state index contributed by atoms with van der Waals surface area (Å²) in [5, 5.41) is 0. The Morgan fingerprint density at radius 3 is 2.10 bits per heavy atom. The summed E-state index contributed by atoms with van der Waals surface area (Å²) < 4.78 is 11.3. The topological polar surface area (TPSA) is 52.6 Å². The summed E-state index contributed by atoms with van der Waals surface area (Å²) in [6.45, 7) is 11.0. The van der Waals surface area contributed by atoms with Crippen molar-refractivity contribution in [2.45, 2.75) is 58.1 Å². The third-order valence-corrected chi connectivity index (χ3v) is 5.06. The maximum Gasteiger partial charge on any atom is 0.347 e. The Bertz CT molecular complexity index is 914. The van der Waals surface area contributed by atoms with E-state index in [1.807, 2.05) is 77.3 Å². The van der Waals surface area contributed by atoms with Gasteiger partial charge in [0.1, 0.15) is 11.4 Å². The van der Waals surface area contributed by atoms with Gasteiger partial charge in [-0.25, -0.2) is 4.79 Å². The lowest BCUT2D eigenvalue weighted by Gasteiger charge is -2.23. The van der Waals surface area contributed by atoms with Gasteiger partial charge in [0, 0.05) is 10.5 Å². The average Bonchev–Trinajstić information content (AvgIpc) is 2.67. The summed E-state index contributed by atoms with van der Waals surface area (Å²) in [5.41, 5.74) is 2.78. The third-order valence-electron chi connectivity index (χ3n) is 4.32. The highest BCUT2D eigenvalue weighted by atomic mass is 32.2. The molecule has 0 bridgehead atoms. The van der Waals surface area contributed by atoms with Gasteiger partial charge in [0.2, 0.25) is 0 Å². The molecule has 2 rings (SSSR count). The van der Waals surface area contributed by atoms with E-state index in [1.165, 1.54) is 0 Å². The summed E-state index contributed by atoms with van der Waals surface area (Å²) >= 11 is 1.64. The van der Waals surface area contributed by atoms with E-state index in [0.29, 0.717) is 11.3 Å². The molecule has 0 aromatic heterocycles. The summed E-state index contributed by atoms with van der Waals surface area (Å²) in [6.07, 6.45) is 4.66. The average molecular weight is 427 g/mol. The van der Waals surface area contributed by atoms with Crippen molar-refractivity contribution in [3.63, 3.8) is 0 Å². The van der Waals surface area contributed by atoms with Crippen molar-refractivity contribution in [1.29, 1.82) is 0 Å². The van der Waals surface area contributed by atoms with Crippen molar-refractivity contribution in [2.75, 3.05) is 6.26 Å². The molecular weight excluding hydrogens is 396 g/mol. The van der Waals surface area contributed by atoms with Crippen LogP contribution >= 0.6 is 11.8 Å². The van der Waals surface area contributed by atoms with Crippen LogP contribution in [0.3, 0.4) is 0 Å². The first-order valence-corrected chi connectivity index (χ1v) is 11.1. The summed E-state index contributed by atoms with van der Waals surface area (Å²) in [7, 11) is 0. The van der Waals surface area contributed by atoms with E-state index < -0.39 is 17.7 Å². The number of carbonyl (C=O) groups is 2. The number of benzene rings is 2. The molecule has 2 aromatic rings. The molecule has 2 aromatic carbocycles. The van der Waals surface area contributed by atoms with Crippen LogP contribution in [0.15, 0.2) is 47.4 Å². The number of hydrogen-bond acceptors (Lipinski definition) is 5. The third kappa shape index (κ3) is 6.77. The minimum Gasteiger partial charge on any atom is -0.478 e. The number of esters is 1. The Balaban J connectivity index is 2.12. The smallest absolute Gasteiger partial charge is 0.347 e. The van der Waals surface area contributed by atoms with E-state index >= 15 is 0 Å². The zero-order valence-electron chi connectivity index (χ0n) is 18.7. The molecule has 30 heavy (non-hydrogen) atoms. The SMILES string of the molecule is CSc1ccc(C(=O)/C=C/c2cc(C)c(OC(C)C(=O)OC(C)(C)C)c(C)c2)cc1. The Morgan fingerprint density at radius 1 is 1.03 bits per heavy atom. The lowest BCUT2D eigenvalue weighted by molar-refractivity contribution is -0.162. The Kier molecular flexibility index (Phi) is 7.90. The predicted octanol–water partition coefficient (Wildman–Crippen LogP) is 6.03. The Labute approximate surface area is 183 Å². The van der Waals surface area contributed by atoms with Gasteiger partial charge >= 0.3 is 5.97 Å². The van der Waals surface area contributed by atoms with Crippen LogP contribution in [0.5, 0.6) is 5.75 Å². The van der Waals surface area contributed by atoms with E-state index in [-0.39, 0.29) is 5.78 Å². The number of allylic oxidation sites excluding steroid dienone is 1. The van der Waals surface area contributed by atoms with Crippen LogP contribution in [-0.4, -0.2) is 29.7 Å². The van der Waals surface area contributed by atoms with Crippen LogP contribution in [0.25, 0.3) is 6.08 Å². The number of ether oxygens (including phenoxy) is 2. The molecule has 0 N–H and O–H groups in total. The number of hydrogen-bond donors (Lipinski definition) is 0. The molecule has 0 aliphatic rings. The van der Waals surface area contributed by atoms with Crippen LogP contribution in [-0.2, 0) is 9.53 Å². The monoisotopic (exact) mass is 426 g/mol. The minimum atomic E-state index is -0.714. The number of ketones is 1. The van der Waals surface area contributed by atoms with Gasteiger partial charge in [-0.05, 0) is 107 Å². The summed E-state index contributed by atoms with van der Waals surface area (Å²) in [5.74, 6) is 0.213. The molecular formula is C25H30O4S. The first-order valence-electron chi connectivity index (χ1n) is 9.87. The molecule has 0 aliphatic heterocycles. The first kappa shape index (κ1) is 23.7. The molecule has 0 spiro atoms. The molecule has 1 unspecified atom stereocenters. The number of thioether (sulfide) groups is 1. The quantitative estimate of drug-likeness (QED) is 0.234. The molecule has 0 amide bonds. The molecule has 0 saturated carbocycles. The normalized spacial score (nSPS) is 12.6. The molecule has 0 heterocycles. The van der Waals surface area contributed by atoms with Crippen molar-refractivity contribution < 1.29 is 19.1 Å². The molecule has 0 radical (unpaired) electrons. The van der Waals surface area contributed by atoms with E-state index in [0.717, 1.165) is 21.6 Å². The molecule has 0 aliphatic carbocycles. The van der Waals surface area contributed by atoms with E-state index in [4.69, 9.17) is 9.47 Å². The van der Waals surface area contributed by atoms with Gasteiger partial charge in [-0.1, -0.05) is 6.08 Å². The zero-order chi connectivity index (χ0) is 22.5. The van der Waals surface area contributed by atoms with Crippen molar-refractivity contribution in [2.24, 2.45) is 0 Å². The second-order valence-corrected chi connectivity index (χ2v) is 9.08. The fourth-order valence-corrected chi connectivity index (χ4v) is 3.31. The van der Waals surface area contributed by atoms with Gasteiger partial charge < -0.3 is 9.47 Å². The highest BCUT2D eigenvalue weighted by molar-refractivity contribution is 7.98. The Morgan fingerprint density at radius 2 is 1.60 bits per heavy atom. The van der Waals surface area contributed by atoms with Crippen LogP contribution in [0.1, 0.15) is 54.7 Å². The van der Waals surface area contributed by atoms with Crippen molar-refractivity contribution in [3.8, 4) is 5.75 Å². The minimum absolute atomic E-state index is 0.0446. The lowest BCUT2D eigenvalue weighted by Crippen LogP contribution is -2.33. The lowest BCUT2D eigenvalue weighted by atomic mass is 10.0. The van der Waals surface area contributed by atoms with Crippen LogP contribution in [0.4, 0.5) is 0 Å². The van der Waals surface area contributed by atoms with Crippen LogP contribution in [0, 0.1) is 13.8 Å². The van der Waals surface area contributed by atoms with Crippen molar-refractivity contribution in [3.05, 3.63) is 64.7 Å². The summed E-state index contributed by atoms with van der Waals surface area (Å²) in [6, 6.07) is 11.4. The van der Waals surface area contributed by atoms with Gasteiger partial charge in [-0.15, -0.1) is 11.8 Å². The maximum absolute atomic E-state index is 12.4. The maximum atomic E-state index is 12.4. The Hall–Kier alpha value is -2.53. The molecule has 1 atom stereocenters. The van der Waals surface area contributed by atoms with E-state index in [9.17, 15) is 9.59 Å². The van der Waals surface area contributed by atoms with Crippen LogP contribution in [0.2, 0.25) is 0 Å². The standard InChI is InChI=1S/C25H30O4S/c1-16-14-19(8-13-22(26)20-9-11-21(30-7)12-10-20)15-17(2)23(16)28-18(3)24(27)29-25(4,5)6/h8-15,18H,1-7H3/b13-8+. The van der Waals surface area contributed by atoms with Gasteiger partial charge in [-0.3, -0.25) is 4.79 Å². The largest absolute Gasteiger partial charge is 0.478 e. The van der Waals surface area contributed by atoms with Crippen molar-refractivity contribution >= 4 is 29.6 Å². The van der Waals surface area contributed by atoms with Gasteiger partial charge in [0.15, 0.2) is 11.9 Å². The van der Waals surface area contributed by atoms with Crippen molar-refractivity contribution in [1.82, 2.24) is 0 Å². The van der Waals surface area contributed by atoms with Gasteiger partial charge in [0.05, 0.1) is 0 Å². The number of rotatable bonds is 7. The highest BCUT2D eigenvalue weighted by Gasteiger charge is 2.24. The predicted molar refractivity (Wildman–Crippen MR) is 123 cm³/mol. The fourth-order valence-electron chi connectivity index (χ4n) is 2.90. The number of aryl methyl sites for hydroxylation is 2. The van der Waals surface area contributed by atoms with E-state index in [1.54, 1.807) is 30.8 Å². The molecule has 5 heteroatoms.